The first kappa shape index (κ1) is 14.2. The zero-order valence-corrected chi connectivity index (χ0v) is 11.2. The first-order valence-corrected chi connectivity index (χ1v) is 6.25. The van der Waals surface area contributed by atoms with Gasteiger partial charge in [-0.15, -0.1) is 11.3 Å². The van der Waals surface area contributed by atoms with Crippen molar-refractivity contribution in [2.24, 2.45) is 5.92 Å². The number of anilines is 1. The molecule has 6 nitrogen and oxygen atoms in total. The molecule has 98 valence electrons. The molecule has 0 atom stereocenters. The molecule has 1 rings (SSSR count). The molecule has 7 heteroatoms. The highest BCUT2D eigenvalue weighted by Gasteiger charge is 2.16. The van der Waals surface area contributed by atoms with Crippen LogP contribution in [0.4, 0.5) is 5.00 Å². The van der Waals surface area contributed by atoms with Crippen LogP contribution in [-0.2, 0) is 9.59 Å². The van der Waals surface area contributed by atoms with Crippen LogP contribution in [0.5, 0.6) is 0 Å². The van der Waals surface area contributed by atoms with Crippen molar-refractivity contribution in [3.05, 3.63) is 17.0 Å². The smallest absolute Gasteiger partial charge is 0.272 e. The average molecular weight is 269 g/mol. The third kappa shape index (κ3) is 3.85. The standard InChI is InChI=1S/C11H15N3O3S/c1-6(2)9(16)12-11-8(4-5-18-11)10(17)14-13-7(3)15/h4-6H,1-3H3,(H,12,16)(H,13,15)(H,14,17). The largest absolute Gasteiger partial charge is 0.317 e. The van der Waals surface area contributed by atoms with Crippen LogP contribution in [0, 0.1) is 5.92 Å². The highest BCUT2D eigenvalue weighted by molar-refractivity contribution is 7.14. The Balaban J connectivity index is 2.73. The van der Waals surface area contributed by atoms with Crippen LogP contribution >= 0.6 is 11.3 Å². The Morgan fingerprint density at radius 2 is 1.89 bits per heavy atom. The third-order valence-electron chi connectivity index (χ3n) is 2.02. The SMILES string of the molecule is CC(=O)NNC(=O)c1ccsc1NC(=O)C(C)C. The highest BCUT2D eigenvalue weighted by Crippen LogP contribution is 2.23. The lowest BCUT2D eigenvalue weighted by molar-refractivity contribution is -0.120. The number of hydrogen-bond acceptors (Lipinski definition) is 4. The normalized spacial score (nSPS) is 10.0. The molecular weight excluding hydrogens is 254 g/mol. The Kier molecular flexibility index (Phi) is 4.85. The molecule has 1 aromatic rings. The minimum Gasteiger partial charge on any atom is -0.317 e. The topological polar surface area (TPSA) is 87.3 Å². The van der Waals surface area contributed by atoms with E-state index in [-0.39, 0.29) is 17.7 Å². The van der Waals surface area contributed by atoms with Crippen molar-refractivity contribution in [3.63, 3.8) is 0 Å². The number of thiophene rings is 1. The fraction of sp³-hybridized carbons (Fsp3) is 0.364. The van der Waals surface area contributed by atoms with Gasteiger partial charge in [-0.25, -0.2) is 0 Å². The first-order chi connectivity index (χ1) is 8.41. The maximum atomic E-state index is 11.7. The Bertz CT molecular complexity index is 468. The average Bonchev–Trinajstić information content (AvgIpc) is 2.73. The second kappa shape index (κ2) is 6.15. The van der Waals surface area contributed by atoms with Crippen molar-refractivity contribution in [1.82, 2.24) is 10.9 Å². The van der Waals surface area contributed by atoms with Crippen LogP contribution in [0.15, 0.2) is 11.4 Å². The molecule has 0 radical (unpaired) electrons. The molecule has 0 saturated carbocycles. The zero-order valence-electron chi connectivity index (χ0n) is 10.4. The van der Waals surface area contributed by atoms with Crippen LogP contribution in [0.1, 0.15) is 31.1 Å². The van der Waals surface area contributed by atoms with Crippen molar-refractivity contribution in [1.29, 1.82) is 0 Å². The third-order valence-corrected chi connectivity index (χ3v) is 2.85. The maximum Gasteiger partial charge on any atom is 0.272 e. The van der Waals surface area contributed by atoms with Crippen LogP contribution in [0.2, 0.25) is 0 Å². The lowest BCUT2D eigenvalue weighted by Crippen LogP contribution is -2.40. The summed E-state index contributed by atoms with van der Waals surface area (Å²) in [6, 6.07) is 1.58. The van der Waals surface area contributed by atoms with Crippen molar-refractivity contribution >= 4 is 34.1 Å². The van der Waals surface area contributed by atoms with Crippen molar-refractivity contribution < 1.29 is 14.4 Å². The number of amides is 3. The number of carbonyl (C=O) groups excluding carboxylic acids is 3. The second-order valence-electron chi connectivity index (χ2n) is 3.94. The van der Waals surface area contributed by atoms with Crippen LogP contribution in [0.25, 0.3) is 0 Å². The Labute approximate surface area is 109 Å². The number of hydrazine groups is 1. The summed E-state index contributed by atoms with van der Waals surface area (Å²) in [7, 11) is 0. The number of nitrogens with one attached hydrogen (secondary N) is 3. The van der Waals surface area contributed by atoms with E-state index in [4.69, 9.17) is 0 Å². The highest BCUT2D eigenvalue weighted by atomic mass is 32.1. The van der Waals surface area contributed by atoms with E-state index in [0.717, 1.165) is 0 Å². The molecule has 1 heterocycles. The Hall–Kier alpha value is -1.89. The van der Waals surface area contributed by atoms with E-state index >= 15 is 0 Å². The quantitative estimate of drug-likeness (QED) is 0.719. The monoisotopic (exact) mass is 269 g/mol. The summed E-state index contributed by atoms with van der Waals surface area (Å²) in [6.07, 6.45) is 0. The molecule has 0 aromatic carbocycles. The predicted molar refractivity (Wildman–Crippen MR) is 69.1 cm³/mol. The van der Waals surface area contributed by atoms with E-state index in [2.05, 4.69) is 16.2 Å². The van der Waals surface area contributed by atoms with E-state index in [1.54, 1.807) is 25.3 Å². The fourth-order valence-electron chi connectivity index (χ4n) is 1.05. The van der Waals surface area contributed by atoms with Gasteiger partial charge in [0.15, 0.2) is 0 Å². The van der Waals surface area contributed by atoms with Crippen LogP contribution < -0.4 is 16.2 Å². The molecule has 0 aliphatic carbocycles. The van der Waals surface area contributed by atoms with Crippen LogP contribution in [0.3, 0.4) is 0 Å². The molecule has 0 aliphatic heterocycles. The summed E-state index contributed by atoms with van der Waals surface area (Å²) in [5.41, 5.74) is 4.76. The van der Waals surface area contributed by atoms with Gasteiger partial charge in [0.2, 0.25) is 11.8 Å². The molecule has 3 amide bonds. The summed E-state index contributed by atoms with van der Waals surface area (Å²) in [5, 5.41) is 4.83. The van der Waals surface area contributed by atoms with Gasteiger partial charge in [0.25, 0.3) is 5.91 Å². The van der Waals surface area contributed by atoms with E-state index < -0.39 is 5.91 Å². The molecular formula is C11H15N3O3S. The van der Waals surface area contributed by atoms with Gasteiger partial charge in [0, 0.05) is 12.8 Å². The fourth-order valence-corrected chi connectivity index (χ4v) is 1.84. The van der Waals surface area contributed by atoms with Gasteiger partial charge in [0.05, 0.1) is 5.56 Å². The van der Waals surface area contributed by atoms with E-state index in [1.165, 1.54) is 18.3 Å². The lowest BCUT2D eigenvalue weighted by atomic mass is 10.2. The number of rotatable bonds is 3. The summed E-state index contributed by atoms with van der Waals surface area (Å²) in [5.74, 6) is -1.17. The maximum absolute atomic E-state index is 11.7. The molecule has 0 bridgehead atoms. The van der Waals surface area contributed by atoms with Gasteiger partial charge >= 0.3 is 0 Å². The Morgan fingerprint density at radius 1 is 1.22 bits per heavy atom. The molecule has 0 saturated heterocycles. The lowest BCUT2D eigenvalue weighted by Gasteiger charge is -2.08. The van der Waals surface area contributed by atoms with Crippen molar-refractivity contribution in [3.8, 4) is 0 Å². The summed E-state index contributed by atoms with van der Waals surface area (Å²) in [4.78, 5) is 33.9. The molecule has 0 aliphatic rings. The van der Waals surface area contributed by atoms with E-state index in [0.29, 0.717) is 10.6 Å². The molecule has 0 spiro atoms. The minimum absolute atomic E-state index is 0.161. The Morgan fingerprint density at radius 3 is 2.44 bits per heavy atom. The van der Waals surface area contributed by atoms with Gasteiger partial charge < -0.3 is 5.32 Å². The molecule has 18 heavy (non-hydrogen) atoms. The molecule has 0 fully saturated rings. The van der Waals surface area contributed by atoms with Gasteiger partial charge in [-0.1, -0.05) is 13.8 Å². The number of carbonyl (C=O) groups is 3. The number of hydrogen-bond donors (Lipinski definition) is 3. The molecule has 1 aromatic heterocycles. The second-order valence-corrected chi connectivity index (χ2v) is 4.86. The van der Waals surface area contributed by atoms with Crippen molar-refractivity contribution in [2.45, 2.75) is 20.8 Å². The van der Waals surface area contributed by atoms with Crippen molar-refractivity contribution in [2.75, 3.05) is 5.32 Å². The van der Waals surface area contributed by atoms with Crippen LogP contribution in [-0.4, -0.2) is 17.7 Å². The van der Waals surface area contributed by atoms with Gasteiger partial charge in [-0.3, -0.25) is 25.2 Å². The minimum atomic E-state index is -0.467. The van der Waals surface area contributed by atoms with Gasteiger partial charge in [-0.05, 0) is 11.4 Å². The predicted octanol–water partition coefficient (Wildman–Crippen LogP) is 1.12. The van der Waals surface area contributed by atoms with E-state index in [1.807, 2.05) is 0 Å². The first-order valence-electron chi connectivity index (χ1n) is 5.37. The van der Waals surface area contributed by atoms with Gasteiger partial charge in [0.1, 0.15) is 5.00 Å². The summed E-state index contributed by atoms with van der Waals surface area (Å²) in [6.45, 7) is 4.81. The summed E-state index contributed by atoms with van der Waals surface area (Å²) >= 11 is 1.25. The van der Waals surface area contributed by atoms with E-state index in [9.17, 15) is 14.4 Å². The molecule has 3 N–H and O–H groups in total. The van der Waals surface area contributed by atoms with Gasteiger partial charge in [-0.2, -0.15) is 0 Å². The zero-order chi connectivity index (χ0) is 13.7. The molecule has 0 unspecified atom stereocenters. The summed E-state index contributed by atoms with van der Waals surface area (Å²) < 4.78 is 0.